The predicted octanol–water partition coefficient (Wildman–Crippen LogP) is 3.53. The fourth-order valence-electron chi connectivity index (χ4n) is 2.49. The lowest BCUT2D eigenvalue weighted by atomic mass is 10.1. The maximum absolute atomic E-state index is 13.6. The Kier molecular flexibility index (Phi) is 5.46. The predicted molar refractivity (Wildman–Crippen MR) is 94.0 cm³/mol. The molecule has 4 nitrogen and oxygen atoms in total. The Labute approximate surface area is 145 Å². The molecule has 0 atom stereocenters. The number of nitrogens with one attached hydrogen (secondary N) is 1. The minimum absolute atomic E-state index is 0.108. The summed E-state index contributed by atoms with van der Waals surface area (Å²) in [6.45, 7) is 0.409. The zero-order valence-electron chi connectivity index (χ0n) is 13.7. The summed E-state index contributed by atoms with van der Waals surface area (Å²) in [6.07, 6.45) is 5.81. The normalized spacial score (nSPS) is 10.4. The molecule has 2 heterocycles. The van der Waals surface area contributed by atoms with Crippen LogP contribution in [0.25, 0.3) is 11.3 Å². The number of carbonyl (C=O) groups is 1. The van der Waals surface area contributed by atoms with Crippen LogP contribution in [0.5, 0.6) is 0 Å². The largest absolute Gasteiger partial charge is 0.352 e. The van der Waals surface area contributed by atoms with Crippen molar-refractivity contribution in [1.29, 1.82) is 0 Å². The Bertz CT molecular complexity index is 852. The van der Waals surface area contributed by atoms with Crippen LogP contribution in [0.3, 0.4) is 0 Å². The number of benzene rings is 1. The number of carbonyl (C=O) groups excluding carboxylic acids is 1. The van der Waals surface area contributed by atoms with Crippen LogP contribution in [-0.4, -0.2) is 15.9 Å². The minimum Gasteiger partial charge on any atom is -0.352 e. The van der Waals surface area contributed by atoms with E-state index in [1.165, 1.54) is 6.07 Å². The molecule has 3 aromatic rings. The summed E-state index contributed by atoms with van der Waals surface area (Å²) in [4.78, 5) is 20.4. The van der Waals surface area contributed by atoms with E-state index in [1.807, 2.05) is 24.3 Å². The first-order valence-corrected chi connectivity index (χ1v) is 8.08. The van der Waals surface area contributed by atoms with Gasteiger partial charge in [-0.3, -0.25) is 14.8 Å². The molecule has 0 spiro atoms. The molecule has 5 heteroatoms. The maximum Gasteiger partial charge on any atom is 0.220 e. The second kappa shape index (κ2) is 8.15. The van der Waals surface area contributed by atoms with Crippen LogP contribution in [0.2, 0.25) is 0 Å². The standard InChI is InChI=1S/C20H18FN3O/c21-18-6-2-1-4-16(18)7-8-20(25)24-13-15-9-11-23-19(12-15)17-5-3-10-22-14-17/h1-6,9-12,14H,7-8,13H2,(H,24,25). The van der Waals surface area contributed by atoms with Crippen molar-refractivity contribution in [1.82, 2.24) is 15.3 Å². The Balaban J connectivity index is 1.55. The summed E-state index contributed by atoms with van der Waals surface area (Å²) in [5, 5.41) is 2.86. The van der Waals surface area contributed by atoms with Gasteiger partial charge in [0.15, 0.2) is 0 Å². The van der Waals surface area contributed by atoms with Gasteiger partial charge in [-0.25, -0.2) is 4.39 Å². The Morgan fingerprint density at radius 2 is 1.96 bits per heavy atom. The van der Waals surface area contributed by atoms with Gasteiger partial charge in [-0.15, -0.1) is 0 Å². The average Bonchev–Trinajstić information content (AvgIpc) is 2.67. The fraction of sp³-hybridized carbons (Fsp3) is 0.150. The maximum atomic E-state index is 13.6. The topological polar surface area (TPSA) is 54.9 Å². The monoisotopic (exact) mass is 335 g/mol. The summed E-state index contributed by atoms with van der Waals surface area (Å²) in [5.74, 6) is -0.381. The van der Waals surface area contributed by atoms with Crippen molar-refractivity contribution in [2.45, 2.75) is 19.4 Å². The van der Waals surface area contributed by atoms with Crippen LogP contribution in [-0.2, 0) is 17.8 Å². The average molecular weight is 335 g/mol. The number of hydrogen-bond donors (Lipinski definition) is 1. The van der Waals surface area contributed by atoms with E-state index in [-0.39, 0.29) is 18.1 Å². The van der Waals surface area contributed by atoms with Crippen molar-refractivity contribution >= 4 is 5.91 Å². The van der Waals surface area contributed by atoms with Crippen molar-refractivity contribution in [3.05, 3.63) is 84.1 Å². The van der Waals surface area contributed by atoms with Gasteiger partial charge < -0.3 is 5.32 Å². The zero-order chi connectivity index (χ0) is 17.5. The highest BCUT2D eigenvalue weighted by Crippen LogP contribution is 2.16. The van der Waals surface area contributed by atoms with Crippen LogP contribution >= 0.6 is 0 Å². The number of amides is 1. The number of aryl methyl sites for hydroxylation is 1. The molecule has 25 heavy (non-hydrogen) atoms. The summed E-state index contributed by atoms with van der Waals surface area (Å²) in [6, 6.07) is 14.1. The number of pyridine rings is 2. The smallest absolute Gasteiger partial charge is 0.220 e. The van der Waals surface area contributed by atoms with E-state index in [4.69, 9.17) is 0 Å². The van der Waals surface area contributed by atoms with E-state index in [2.05, 4.69) is 15.3 Å². The minimum atomic E-state index is -0.273. The van der Waals surface area contributed by atoms with Gasteiger partial charge >= 0.3 is 0 Å². The molecule has 0 unspecified atom stereocenters. The SMILES string of the molecule is O=C(CCc1ccccc1F)NCc1ccnc(-c2cccnc2)c1. The van der Waals surface area contributed by atoms with Gasteiger partial charge in [0.25, 0.3) is 0 Å². The third-order valence-electron chi connectivity index (χ3n) is 3.85. The molecule has 1 aromatic carbocycles. The summed E-state index contributed by atoms with van der Waals surface area (Å²) < 4.78 is 13.6. The summed E-state index contributed by atoms with van der Waals surface area (Å²) in [5.41, 5.74) is 3.25. The van der Waals surface area contributed by atoms with Crippen molar-refractivity contribution < 1.29 is 9.18 Å². The Morgan fingerprint density at radius 3 is 2.76 bits per heavy atom. The van der Waals surface area contributed by atoms with E-state index < -0.39 is 0 Å². The third-order valence-corrected chi connectivity index (χ3v) is 3.85. The molecule has 126 valence electrons. The van der Waals surface area contributed by atoms with Crippen LogP contribution in [0.4, 0.5) is 4.39 Å². The van der Waals surface area contributed by atoms with Crippen molar-refractivity contribution in [3.63, 3.8) is 0 Å². The van der Waals surface area contributed by atoms with Gasteiger partial charge in [0, 0.05) is 37.1 Å². The molecule has 1 amide bonds. The number of halogens is 1. The van der Waals surface area contributed by atoms with E-state index in [9.17, 15) is 9.18 Å². The van der Waals surface area contributed by atoms with Gasteiger partial charge in [-0.05, 0) is 47.9 Å². The van der Waals surface area contributed by atoms with Crippen LogP contribution < -0.4 is 5.32 Å². The van der Waals surface area contributed by atoms with Gasteiger partial charge in [-0.2, -0.15) is 0 Å². The number of aromatic nitrogens is 2. The molecule has 0 aliphatic carbocycles. The van der Waals surface area contributed by atoms with Crippen molar-refractivity contribution in [2.75, 3.05) is 0 Å². The molecular weight excluding hydrogens is 317 g/mol. The molecule has 0 fully saturated rings. The number of rotatable bonds is 6. The highest BCUT2D eigenvalue weighted by molar-refractivity contribution is 5.76. The Morgan fingerprint density at radius 1 is 1.08 bits per heavy atom. The first kappa shape index (κ1) is 16.8. The van der Waals surface area contributed by atoms with E-state index in [0.29, 0.717) is 18.5 Å². The number of nitrogens with zero attached hydrogens (tertiary/aromatic N) is 2. The zero-order valence-corrected chi connectivity index (χ0v) is 13.7. The Hall–Kier alpha value is -3.08. The van der Waals surface area contributed by atoms with E-state index in [1.54, 1.807) is 36.8 Å². The van der Waals surface area contributed by atoms with Crippen molar-refractivity contribution in [2.24, 2.45) is 0 Å². The molecule has 0 saturated carbocycles. The van der Waals surface area contributed by atoms with Gasteiger partial charge in [-0.1, -0.05) is 18.2 Å². The van der Waals surface area contributed by atoms with Crippen LogP contribution in [0.15, 0.2) is 67.1 Å². The molecule has 3 rings (SSSR count). The lowest BCUT2D eigenvalue weighted by Gasteiger charge is -2.07. The third kappa shape index (κ3) is 4.70. The molecule has 0 saturated heterocycles. The summed E-state index contributed by atoms with van der Waals surface area (Å²) >= 11 is 0. The van der Waals surface area contributed by atoms with E-state index in [0.717, 1.165) is 16.8 Å². The van der Waals surface area contributed by atoms with Gasteiger partial charge in [0.2, 0.25) is 5.91 Å². The van der Waals surface area contributed by atoms with Gasteiger partial charge in [0.05, 0.1) is 5.69 Å². The molecular formula is C20H18FN3O. The first-order chi connectivity index (χ1) is 12.2. The first-order valence-electron chi connectivity index (χ1n) is 8.08. The fourth-order valence-corrected chi connectivity index (χ4v) is 2.49. The molecule has 0 aliphatic rings. The lowest BCUT2D eigenvalue weighted by Crippen LogP contribution is -2.23. The highest BCUT2D eigenvalue weighted by Gasteiger charge is 2.06. The molecule has 1 N–H and O–H groups in total. The lowest BCUT2D eigenvalue weighted by molar-refractivity contribution is -0.121. The molecule has 0 aliphatic heterocycles. The van der Waals surface area contributed by atoms with Crippen LogP contribution in [0, 0.1) is 5.82 Å². The van der Waals surface area contributed by atoms with Crippen LogP contribution in [0.1, 0.15) is 17.5 Å². The second-order valence-corrected chi connectivity index (χ2v) is 5.66. The number of hydrogen-bond acceptors (Lipinski definition) is 3. The van der Waals surface area contributed by atoms with Crippen molar-refractivity contribution in [3.8, 4) is 11.3 Å². The molecule has 0 bridgehead atoms. The highest BCUT2D eigenvalue weighted by atomic mass is 19.1. The molecule has 2 aromatic heterocycles. The second-order valence-electron chi connectivity index (χ2n) is 5.66. The summed E-state index contributed by atoms with van der Waals surface area (Å²) in [7, 11) is 0. The van der Waals surface area contributed by atoms with Gasteiger partial charge in [0.1, 0.15) is 5.82 Å². The quantitative estimate of drug-likeness (QED) is 0.750. The molecule has 0 radical (unpaired) electrons. The van der Waals surface area contributed by atoms with E-state index >= 15 is 0 Å².